The summed E-state index contributed by atoms with van der Waals surface area (Å²) in [5.41, 5.74) is 22.8. The molecular formula is C70H48N2O. The number of aromatic nitrogens is 1. The van der Waals surface area contributed by atoms with E-state index >= 15 is 0 Å². The number of para-hydroxylation sites is 4. The Hall–Kier alpha value is -9.18. The first-order valence-corrected chi connectivity index (χ1v) is 25.4. The monoisotopic (exact) mass is 932 g/mol. The number of fused-ring (bicyclic) bond motifs is 12. The molecule has 13 aromatic rings. The highest BCUT2D eigenvalue weighted by Gasteiger charge is 2.47. The summed E-state index contributed by atoms with van der Waals surface area (Å²) in [5.74, 6) is 0. The van der Waals surface area contributed by atoms with Crippen LogP contribution in [-0.4, -0.2) is 4.57 Å². The Morgan fingerprint density at radius 3 is 1.66 bits per heavy atom. The first-order chi connectivity index (χ1) is 36.0. The van der Waals surface area contributed by atoms with E-state index in [2.05, 4.69) is 272 Å². The number of hydrogen-bond donors (Lipinski definition) is 0. The Balaban J connectivity index is 0.932. The van der Waals surface area contributed by atoms with Crippen molar-refractivity contribution in [3.8, 4) is 39.1 Å². The fourth-order valence-corrected chi connectivity index (χ4v) is 13.0. The molecule has 0 amide bonds. The van der Waals surface area contributed by atoms with Crippen LogP contribution in [0.1, 0.15) is 47.2 Å². The summed E-state index contributed by atoms with van der Waals surface area (Å²) >= 11 is 0. The lowest BCUT2D eigenvalue weighted by Gasteiger charge is -2.34. The first kappa shape index (κ1) is 41.6. The Morgan fingerprint density at radius 2 is 0.932 bits per heavy atom. The summed E-state index contributed by atoms with van der Waals surface area (Å²) in [6, 6.07) is 94.0. The molecule has 2 heterocycles. The van der Waals surface area contributed by atoms with E-state index in [1.165, 1.54) is 83.1 Å². The van der Waals surface area contributed by atoms with Gasteiger partial charge >= 0.3 is 0 Å². The van der Waals surface area contributed by atoms with E-state index in [0.29, 0.717) is 0 Å². The van der Waals surface area contributed by atoms with Crippen LogP contribution in [-0.2, 0) is 10.8 Å². The molecular weight excluding hydrogens is 885 g/mol. The Morgan fingerprint density at radius 1 is 0.384 bits per heavy atom. The lowest BCUT2D eigenvalue weighted by Crippen LogP contribution is -2.28. The summed E-state index contributed by atoms with van der Waals surface area (Å²) in [6.45, 7) is 4.80. The Kier molecular flexibility index (Phi) is 8.92. The van der Waals surface area contributed by atoms with Gasteiger partial charge in [0.25, 0.3) is 0 Å². The molecule has 0 radical (unpaired) electrons. The van der Waals surface area contributed by atoms with Crippen LogP contribution in [0.25, 0.3) is 82.8 Å². The minimum Gasteiger partial charge on any atom is -0.455 e. The number of benzene rings is 11. The smallest absolute Gasteiger partial charge is 0.143 e. The van der Waals surface area contributed by atoms with E-state index in [1.807, 2.05) is 6.07 Å². The van der Waals surface area contributed by atoms with Gasteiger partial charge in [-0.05, 0) is 116 Å². The van der Waals surface area contributed by atoms with Crippen LogP contribution in [0.15, 0.2) is 259 Å². The van der Waals surface area contributed by atoms with Gasteiger partial charge in [-0.3, -0.25) is 0 Å². The normalized spacial score (nSPS) is 13.8. The van der Waals surface area contributed by atoms with E-state index in [-0.39, 0.29) is 5.41 Å². The molecule has 3 nitrogen and oxygen atoms in total. The zero-order valence-corrected chi connectivity index (χ0v) is 40.6. The first-order valence-electron chi connectivity index (χ1n) is 25.4. The van der Waals surface area contributed by atoms with Crippen LogP contribution >= 0.6 is 0 Å². The summed E-state index contributed by atoms with van der Waals surface area (Å²) in [5, 5.41) is 4.80. The van der Waals surface area contributed by atoms with E-state index in [0.717, 1.165) is 50.1 Å². The molecule has 0 aliphatic heterocycles. The molecule has 2 aliphatic carbocycles. The van der Waals surface area contributed by atoms with Crippen molar-refractivity contribution in [1.82, 2.24) is 4.57 Å². The quantitative estimate of drug-likeness (QED) is 0.159. The van der Waals surface area contributed by atoms with Crippen molar-refractivity contribution in [3.05, 3.63) is 288 Å². The third-order valence-electron chi connectivity index (χ3n) is 16.3. The standard InChI is InChI=1S/C70H48N2O/c1-69(2)61-43-49(39-41-52(61)53-42-40-50(44-62(53)69)72-63-31-14-10-23-54(63)55-24-11-15-32-64(55)72)71(48-37-35-45(36-38-48)51-27-17-28-57-56-25-12-16-34-66(56)73-68(51)57)65-33-18-30-60-67(65)58-26-9-13-29-59(58)70(60,46-19-5-3-6-20-46)47-21-7-4-8-22-47/h3-44H,1-2H3. The van der Waals surface area contributed by atoms with Gasteiger partial charge < -0.3 is 13.9 Å². The average molecular weight is 933 g/mol. The molecule has 0 saturated heterocycles. The molecule has 344 valence electrons. The van der Waals surface area contributed by atoms with E-state index in [4.69, 9.17) is 4.42 Å². The molecule has 15 rings (SSSR count). The average Bonchev–Trinajstić information content (AvgIpc) is 4.21. The van der Waals surface area contributed by atoms with Crippen molar-refractivity contribution < 1.29 is 4.42 Å². The molecule has 73 heavy (non-hydrogen) atoms. The number of nitrogens with zero attached hydrogens (tertiary/aromatic N) is 2. The van der Waals surface area contributed by atoms with Gasteiger partial charge in [0, 0.05) is 55.1 Å². The predicted octanol–water partition coefficient (Wildman–Crippen LogP) is 18.5. The highest BCUT2D eigenvalue weighted by atomic mass is 16.3. The van der Waals surface area contributed by atoms with Crippen molar-refractivity contribution in [2.24, 2.45) is 0 Å². The zero-order chi connectivity index (χ0) is 48.4. The highest BCUT2D eigenvalue weighted by molar-refractivity contribution is 6.11. The maximum Gasteiger partial charge on any atom is 0.143 e. The number of hydrogen-bond acceptors (Lipinski definition) is 2. The molecule has 0 bridgehead atoms. The summed E-state index contributed by atoms with van der Waals surface area (Å²) in [7, 11) is 0. The van der Waals surface area contributed by atoms with Gasteiger partial charge in [-0.25, -0.2) is 0 Å². The maximum absolute atomic E-state index is 6.57. The van der Waals surface area contributed by atoms with E-state index in [9.17, 15) is 0 Å². The van der Waals surface area contributed by atoms with Crippen molar-refractivity contribution in [2.45, 2.75) is 24.7 Å². The fourth-order valence-electron chi connectivity index (χ4n) is 13.0. The summed E-state index contributed by atoms with van der Waals surface area (Å²) < 4.78 is 9.01. The van der Waals surface area contributed by atoms with Crippen LogP contribution in [0, 0.1) is 0 Å². The van der Waals surface area contributed by atoms with Gasteiger partial charge in [0.1, 0.15) is 11.2 Å². The lowest BCUT2D eigenvalue weighted by atomic mass is 9.68. The largest absolute Gasteiger partial charge is 0.455 e. The molecule has 2 aliphatic rings. The van der Waals surface area contributed by atoms with E-state index < -0.39 is 5.41 Å². The van der Waals surface area contributed by atoms with Crippen LogP contribution in [0.3, 0.4) is 0 Å². The SMILES string of the molecule is CC1(C)c2cc(N(c3ccc(-c4cccc5c4oc4ccccc45)cc3)c3cccc4c3-c3ccccc3C4(c3ccccc3)c3ccccc3)ccc2-c2ccc(-n3c4ccccc4c4ccccc43)cc21. The minimum absolute atomic E-state index is 0.294. The topological polar surface area (TPSA) is 21.3 Å². The molecule has 11 aromatic carbocycles. The molecule has 0 spiro atoms. The molecule has 0 fully saturated rings. The van der Waals surface area contributed by atoms with Gasteiger partial charge in [-0.2, -0.15) is 0 Å². The Labute approximate surface area is 424 Å². The van der Waals surface area contributed by atoms with Crippen molar-refractivity contribution in [2.75, 3.05) is 4.90 Å². The van der Waals surface area contributed by atoms with Gasteiger partial charge in [-0.1, -0.05) is 208 Å². The van der Waals surface area contributed by atoms with Crippen LogP contribution < -0.4 is 4.90 Å². The van der Waals surface area contributed by atoms with Gasteiger partial charge in [-0.15, -0.1) is 0 Å². The number of anilines is 3. The second-order valence-electron chi connectivity index (χ2n) is 20.3. The van der Waals surface area contributed by atoms with Crippen LogP contribution in [0.4, 0.5) is 17.1 Å². The maximum atomic E-state index is 6.57. The van der Waals surface area contributed by atoms with Gasteiger partial charge in [0.2, 0.25) is 0 Å². The third-order valence-corrected chi connectivity index (χ3v) is 16.3. The number of rotatable bonds is 7. The lowest BCUT2D eigenvalue weighted by molar-refractivity contribution is 0.660. The summed E-state index contributed by atoms with van der Waals surface area (Å²) in [6.07, 6.45) is 0. The predicted molar refractivity (Wildman–Crippen MR) is 303 cm³/mol. The molecule has 3 heteroatoms. The zero-order valence-electron chi connectivity index (χ0n) is 40.6. The molecule has 0 N–H and O–H groups in total. The fraction of sp³-hybridized carbons (Fsp3) is 0.0571. The molecule has 0 saturated carbocycles. The van der Waals surface area contributed by atoms with Crippen molar-refractivity contribution >= 4 is 60.8 Å². The van der Waals surface area contributed by atoms with E-state index in [1.54, 1.807) is 0 Å². The van der Waals surface area contributed by atoms with Crippen LogP contribution in [0.5, 0.6) is 0 Å². The van der Waals surface area contributed by atoms with Gasteiger partial charge in [0.15, 0.2) is 0 Å². The molecule has 2 aromatic heterocycles. The van der Waals surface area contributed by atoms with Gasteiger partial charge in [0.05, 0.1) is 22.1 Å². The highest BCUT2D eigenvalue weighted by Crippen LogP contribution is 2.60. The third kappa shape index (κ3) is 5.88. The molecule has 0 unspecified atom stereocenters. The second kappa shape index (κ2) is 15.7. The summed E-state index contributed by atoms with van der Waals surface area (Å²) in [4.78, 5) is 2.51. The number of furan rings is 1. The minimum atomic E-state index is -0.541. The van der Waals surface area contributed by atoms with Crippen molar-refractivity contribution in [1.29, 1.82) is 0 Å². The van der Waals surface area contributed by atoms with Crippen molar-refractivity contribution in [3.63, 3.8) is 0 Å². The molecule has 0 atom stereocenters. The second-order valence-corrected chi connectivity index (χ2v) is 20.3. The Bertz CT molecular complexity index is 4250. The van der Waals surface area contributed by atoms with Crippen LogP contribution in [0.2, 0.25) is 0 Å².